The van der Waals surface area contributed by atoms with Gasteiger partial charge >= 0.3 is 0 Å². The molecule has 9 heteroatoms. The van der Waals surface area contributed by atoms with E-state index in [1.165, 1.54) is 11.8 Å². The molecule has 0 unspecified atom stereocenters. The van der Waals surface area contributed by atoms with E-state index in [2.05, 4.69) is 38.0 Å². The first-order valence-electron chi connectivity index (χ1n) is 8.95. The molecular weight excluding hydrogens is 488 g/mol. The number of anilines is 1. The number of rotatable bonds is 7. The maximum atomic E-state index is 12.3. The van der Waals surface area contributed by atoms with Gasteiger partial charge in [0, 0.05) is 27.1 Å². The van der Waals surface area contributed by atoms with Gasteiger partial charge in [0.1, 0.15) is 5.58 Å². The molecule has 2 aromatic heterocycles. The highest BCUT2D eigenvalue weighted by Gasteiger charge is 2.18. The molecule has 2 aromatic carbocycles. The lowest BCUT2D eigenvalue weighted by molar-refractivity contribution is -0.113. The number of aromatic nitrogens is 3. The molecule has 4 aromatic rings. The van der Waals surface area contributed by atoms with Gasteiger partial charge in [-0.3, -0.25) is 9.36 Å². The van der Waals surface area contributed by atoms with Crippen molar-refractivity contribution in [3.63, 3.8) is 0 Å². The van der Waals surface area contributed by atoms with E-state index in [0.29, 0.717) is 34.0 Å². The van der Waals surface area contributed by atoms with Crippen molar-refractivity contribution in [1.29, 1.82) is 0 Å². The van der Waals surface area contributed by atoms with Crippen molar-refractivity contribution in [3.05, 3.63) is 70.7 Å². The number of allylic oxidation sites excluding steroid dienone is 1. The Morgan fingerprint density at radius 1 is 1.23 bits per heavy atom. The Kier molecular flexibility index (Phi) is 6.26. The zero-order valence-corrected chi connectivity index (χ0v) is 18.8. The van der Waals surface area contributed by atoms with Crippen LogP contribution < -0.4 is 5.32 Å². The van der Waals surface area contributed by atoms with Crippen molar-refractivity contribution in [2.75, 3.05) is 11.1 Å². The zero-order valence-electron chi connectivity index (χ0n) is 15.6. The van der Waals surface area contributed by atoms with E-state index in [1.807, 2.05) is 28.8 Å². The molecule has 0 aliphatic rings. The average molecular weight is 504 g/mol. The molecule has 0 spiro atoms. The molecule has 0 aliphatic heterocycles. The van der Waals surface area contributed by atoms with E-state index in [9.17, 15) is 4.79 Å². The summed E-state index contributed by atoms with van der Waals surface area (Å²) in [5.74, 6) is 1.23. The Labute approximate surface area is 190 Å². The van der Waals surface area contributed by atoms with Crippen LogP contribution in [0.1, 0.15) is 0 Å². The van der Waals surface area contributed by atoms with Crippen LogP contribution in [0.2, 0.25) is 5.02 Å². The van der Waals surface area contributed by atoms with Gasteiger partial charge in [-0.2, -0.15) is 0 Å². The molecule has 0 aliphatic carbocycles. The van der Waals surface area contributed by atoms with Crippen molar-refractivity contribution in [2.24, 2.45) is 0 Å². The van der Waals surface area contributed by atoms with Gasteiger partial charge in [0.05, 0.1) is 5.75 Å². The summed E-state index contributed by atoms with van der Waals surface area (Å²) in [6, 6.07) is 14.7. The summed E-state index contributed by atoms with van der Waals surface area (Å²) in [7, 11) is 0. The molecule has 30 heavy (non-hydrogen) atoms. The Hall–Kier alpha value is -2.55. The predicted octanol–water partition coefficient (Wildman–Crippen LogP) is 6.02. The van der Waals surface area contributed by atoms with Gasteiger partial charge in [-0.25, -0.2) is 0 Å². The second kappa shape index (κ2) is 9.07. The van der Waals surface area contributed by atoms with Crippen LogP contribution in [-0.4, -0.2) is 26.4 Å². The molecule has 0 bridgehead atoms. The molecule has 0 saturated heterocycles. The Morgan fingerprint density at radius 2 is 2.03 bits per heavy atom. The predicted molar refractivity (Wildman–Crippen MR) is 124 cm³/mol. The van der Waals surface area contributed by atoms with Crippen molar-refractivity contribution >= 4 is 61.9 Å². The SMILES string of the molecule is C=CCn1c(SCC(=O)Nc2ccc(Cl)cc2)nnc1-c1cc2cc(Br)ccc2o1. The molecule has 6 nitrogen and oxygen atoms in total. The number of halogens is 2. The quantitative estimate of drug-likeness (QED) is 0.246. The van der Waals surface area contributed by atoms with Crippen LogP contribution in [-0.2, 0) is 11.3 Å². The molecule has 0 saturated carbocycles. The number of hydrogen-bond acceptors (Lipinski definition) is 5. The van der Waals surface area contributed by atoms with Crippen LogP contribution in [0.5, 0.6) is 0 Å². The van der Waals surface area contributed by atoms with Crippen LogP contribution in [0.3, 0.4) is 0 Å². The average Bonchev–Trinajstić information content (AvgIpc) is 3.32. The molecule has 0 atom stereocenters. The highest BCUT2D eigenvalue weighted by molar-refractivity contribution is 9.10. The summed E-state index contributed by atoms with van der Waals surface area (Å²) in [5.41, 5.74) is 1.45. The molecule has 152 valence electrons. The number of nitrogens with zero attached hydrogens (tertiary/aromatic N) is 3. The van der Waals surface area contributed by atoms with E-state index in [-0.39, 0.29) is 11.7 Å². The van der Waals surface area contributed by atoms with Gasteiger partial charge in [0.15, 0.2) is 10.9 Å². The first-order valence-corrected chi connectivity index (χ1v) is 11.1. The molecular formula is C21H16BrClN4O2S. The maximum absolute atomic E-state index is 12.3. The van der Waals surface area contributed by atoms with Gasteiger partial charge in [-0.05, 0) is 48.5 Å². The van der Waals surface area contributed by atoms with Gasteiger partial charge in [0.2, 0.25) is 11.7 Å². The number of nitrogens with one attached hydrogen (secondary N) is 1. The lowest BCUT2D eigenvalue weighted by atomic mass is 10.2. The number of furan rings is 1. The topological polar surface area (TPSA) is 73.0 Å². The summed E-state index contributed by atoms with van der Waals surface area (Å²) in [6.07, 6.45) is 1.75. The van der Waals surface area contributed by atoms with Crippen LogP contribution >= 0.6 is 39.3 Å². The van der Waals surface area contributed by atoms with Crippen molar-refractivity contribution < 1.29 is 9.21 Å². The lowest BCUT2D eigenvalue weighted by Gasteiger charge is -2.07. The molecule has 1 N–H and O–H groups in total. The van der Waals surface area contributed by atoms with E-state index in [4.69, 9.17) is 16.0 Å². The van der Waals surface area contributed by atoms with Crippen molar-refractivity contribution in [2.45, 2.75) is 11.7 Å². The van der Waals surface area contributed by atoms with Crippen LogP contribution in [0, 0.1) is 0 Å². The number of amides is 1. The fraction of sp³-hybridized carbons (Fsp3) is 0.0952. The number of fused-ring (bicyclic) bond motifs is 1. The van der Waals surface area contributed by atoms with Crippen molar-refractivity contribution in [1.82, 2.24) is 14.8 Å². The minimum absolute atomic E-state index is 0.148. The summed E-state index contributed by atoms with van der Waals surface area (Å²) >= 11 is 10.6. The third-order valence-electron chi connectivity index (χ3n) is 4.19. The first kappa shape index (κ1) is 20.7. The maximum Gasteiger partial charge on any atom is 0.234 e. The summed E-state index contributed by atoms with van der Waals surface area (Å²) in [4.78, 5) is 12.3. The van der Waals surface area contributed by atoms with Crippen LogP contribution in [0.4, 0.5) is 5.69 Å². The van der Waals surface area contributed by atoms with Crippen molar-refractivity contribution in [3.8, 4) is 11.6 Å². The van der Waals surface area contributed by atoms with Gasteiger partial charge in [-0.1, -0.05) is 45.4 Å². The third kappa shape index (κ3) is 4.61. The normalized spacial score (nSPS) is 11.0. The number of thioether (sulfide) groups is 1. The Bertz CT molecular complexity index is 1220. The third-order valence-corrected chi connectivity index (χ3v) is 5.90. The van der Waals surface area contributed by atoms with E-state index in [1.54, 1.807) is 30.3 Å². The zero-order chi connectivity index (χ0) is 21.1. The van der Waals surface area contributed by atoms with Gasteiger partial charge < -0.3 is 9.73 Å². The molecule has 0 radical (unpaired) electrons. The fourth-order valence-corrected chi connectivity index (χ4v) is 4.11. The monoisotopic (exact) mass is 502 g/mol. The number of carbonyl (C=O) groups is 1. The molecule has 2 heterocycles. The largest absolute Gasteiger partial charge is 0.453 e. The smallest absolute Gasteiger partial charge is 0.234 e. The second-order valence-corrected chi connectivity index (χ2v) is 8.64. The summed E-state index contributed by atoms with van der Waals surface area (Å²) in [6.45, 7) is 4.30. The standard InChI is InChI=1S/C21H16BrClN4O2S/c1-2-9-27-20(18-11-13-10-14(22)3-8-17(13)29-18)25-26-21(27)30-12-19(28)24-16-6-4-15(23)5-7-16/h2-8,10-11H,1,9,12H2,(H,24,28). The highest BCUT2D eigenvalue weighted by atomic mass is 79.9. The molecule has 4 rings (SSSR count). The summed E-state index contributed by atoms with van der Waals surface area (Å²) < 4.78 is 8.79. The summed E-state index contributed by atoms with van der Waals surface area (Å²) in [5, 5.41) is 13.6. The van der Waals surface area contributed by atoms with Gasteiger partial charge in [-0.15, -0.1) is 16.8 Å². The highest BCUT2D eigenvalue weighted by Crippen LogP contribution is 2.31. The van der Waals surface area contributed by atoms with E-state index >= 15 is 0 Å². The lowest BCUT2D eigenvalue weighted by Crippen LogP contribution is -2.14. The number of carbonyl (C=O) groups excluding carboxylic acids is 1. The first-order chi connectivity index (χ1) is 14.5. The minimum atomic E-state index is -0.148. The number of hydrogen-bond donors (Lipinski definition) is 1. The fourth-order valence-electron chi connectivity index (χ4n) is 2.86. The molecule has 1 amide bonds. The molecule has 0 fully saturated rings. The van der Waals surface area contributed by atoms with E-state index in [0.717, 1.165) is 15.4 Å². The Balaban J connectivity index is 1.52. The van der Waals surface area contributed by atoms with Crippen LogP contribution in [0.25, 0.3) is 22.6 Å². The number of benzene rings is 2. The van der Waals surface area contributed by atoms with Gasteiger partial charge in [0.25, 0.3) is 0 Å². The van der Waals surface area contributed by atoms with Crippen LogP contribution in [0.15, 0.2) is 75.2 Å². The van der Waals surface area contributed by atoms with E-state index < -0.39 is 0 Å². The second-order valence-electron chi connectivity index (χ2n) is 6.34. The minimum Gasteiger partial charge on any atom is -0.453 e. The Morgan fingerprint density at radius 3 is 2.80 bits per heavy atom.